The fourth-order valence-corrected chi connectivity index (χ4v) is 25.7. The van der Waals surface area contributed by atoms with E-state index < -0.39 is 43.3 Å². The minimum atomic E-state index is -2.17. The molecule has 5 heteroatoms. The van der Waals surface area contributed by atoms with Gasteiger partial charge in [-0.2, -0.15) is 0 Å². The molecule has 0 aliphatic heterocycles. The number of allylic oxidation sites excluding steroid dienone is 5. The Bertz CT molecular complexity index is 1210. The molecule has 2 aliphatic rings. The molecule has 0 N–H and O–H groups in total. The van der Waals surface area contributed by atoms with Gasteiger partial charge in [-0.3, -0.25) is 0 Å². The van der Waals surface area contributed by atoms with E-state index in [1.165, 1.54) is 33.9 Å². The Labute approximate surface area is 190 Å². The van der Waals surface area contributed by atoms with Gasteiger partial charge in [-0.1, -0.05) is 0 Å². The van der Waals surface area contributed by atoms with Crippen molar-refractivity contribution in [3.8, 4) is 0 Å². The van der Waals surface area contributed by atoms with Gasteiger partial charge in [0, 0.05) is 0 Å². The molecule has 2 aromatic rings. The van der Waals surface area contributed by atoms with E-state index in [-0.39, 0.29) is 5.56 Å². The topological polar surface area (TPSA) is 0 Å². The Balaban J connectivity index is 1.93. The standard InChI is InChI=1S/C15H8F3.C9H13.C2H6Si.Zr/c16-13-8-7-12(14(17)15(13)18)11-6-5-9-3-1-2-4-10(9)11;1-6-5-7(2)9(4)8(6)3;1-3-2;/h1-8H;5H,1-4H3;1-2H3;. The van der Waals surface area contributed by atoms with Crippen molar-refractivity contribution in [3.63, 3.8) is 0 Å². The first-order valence-corrected chi connectivity index (χ1v) is 19.6. The molecule has 31 heavy (non-hydrogen) atoms. The van der Waals surface area contributed by atoms with Crippen LogP contribution in [0.2, 0.25) is 16.7 Å². The zero-order chi connectivity index (χ0) is 22.6. The summed E-state index contributed by atoms with van der Waals surface area (Å²) < 4.78 is 43.3. The molecular formula is C26H27F3SiZr. The van der Waals surface area contributed by atoms with Crippen LogP contribution in [0.4, 0.5) is 13.2 Å². The van der Waals surface area contributed by atoms with Crippen LogP contribution in [-0.2, 0) is 20.4 Å². The summed E-state index contributed by atoms with van der Waals surface area (Å²) in [4.78, 5) is 0. The third kappa shape index (κ3) is 3.62. The monoisotopic (exact) mass is 514 g/mol. The molecule has 0 amide bonds. The van der Waals surface area contributed by atoms with Crippen LogP contribution in [0.3, 0.4) is 0 Å². The van der Waals surface area contributed by atoms with Crippen LogP contribution in [0.15, 0.2) is 64.8 Å². The molecule has 0 fully saturated rings. The van der Waals surface area contributed by atoms with E-state index in [9.17, 15) is 13.2 Å². The summed E-state index contributed by atoms with van der Waals surface area (Å²) in [5, 5.41) is 0. The van der Waals surface area contributed by atoms with Gasteiger partial charge in [0.1, 0.15) is 0 Å². The molecule has 160 valence electrons. The molecule has 4 rings (SSSR count). The second-order valence-corrected chi connectivity index (χ2v) is 26.8. The van der Waals surface area contributed by atoms with E-state index in [1.54, 1.807) is 0 Å². The number of halogens is 3. The van der Waals surface area contributed by atoms with Gasteiger partial charge in [-0.15, -0.1) is 0 Å². The van der Waals surface area contributed by atoms with Gasteiger partial charge in [0.25, 0.3) is 0 Å². The fraction of sp³-hybridized carbons (Fsp3) is 0.308. The van der Waals surface area contributed by atoms with Gasteiger partial charge >= 0.3 is 191 Å². The van der Waals surface area contributed by atoms with Crippen molar-refractivity contribution in [2.24, 2.45) is 0 Å². The van der Waals surface area contributed by atoms with Gasteiger partial charge in [-0.05, 0) is 0 Å². The number of benzene rings is 2. The van der Waals surface area contributed by atoms with Crippen molar-refractivity contribution in [3.05, 3.63) is 98.9 Å². The van der Waals surface area contributed by atoms with Crippen LogP contribution >= 0.6 is 0 Å². The summed E-state index contributed by atoms with van der Waals surface area (Å²) in [7, 11) is 0. The van der Waals surface area contributed by atoms with Gasteiger partial charge < -0.3 is 0 Å². The number of rotatable bonds is 3. The van der Waals surface area contributed by atoms with E-state index in [0.29, 0.717) is 12.8 Å². The predicted octanol–water partition coefficient (Wildman–Crippen LogP) is 7.93. The number of hydrogen-bond donors (Lipinski definition) is 0. The first-order chi connectivity index (χ1) is 14.6. The molecule has 2 aromatic carbocycles. The molecule has 0 radical (unpaired) electrons. The maximum atomic E-state index is 14.8. The van der Waals surface area contributed by atoms with Gasteiger partial charge in [0.2, 0.25) is 0 Å². The second-order valence-electron chi connectivity index (χ2n) is 8.87. The zero-order valence-electron chi connectivity index (χ0n) is 18.8. The molecule has 0 bridgehead atoms. The molecule has 0 spiro atoms. The van der Waals surface area contributed by atoms with Crippen LogP contribution in [-0.4, -0.2) is 5.43 Å². The molecule has 0 aromatic heterocycles. The second kappa shape index (κ2) is 8.48. The molecule has 2 aliphatic carbocycles. The SMILES string of the molecule is CC1=C(C)[CH]([Zr]([CH]2C=C(c3ccc(F)c(F)c3F)c3ccccc32)=[Si](C)C)C(C)=C1C. The minimum absolute atomic E-state index is 0.163. The normalized spacial score (nSPS) is 18.6. The van der Waals surface area contributed by atoms with E-state index in [1.807, 2.05) is 18.2 Å². The van der Waals surface area contributed by atoms with E-state index >= 15 is 0 Å². The Morgan fingerprint density at radius 1 is 0.774 bits per heavy atom. The van der Waals surface area contributed by atoms with Crippen molar-refractivity contribution in [2.45, 2.75) is 48.0 Å². The number of fused-ring (bicyclic) bond motifs is 1. The third-order valence-electron chi connectivity index (χ3n) is 7.08. The molecule has 0 heterocycles. The summed E-state index contributed by atoms with van der Waals surface area (Å²) in [6.45, 7) is 13.9. The molecule has 1 atom stereocenters. The van der Waals surface area contributed by atoms with Gasteiger partial charge in [-0.25, -0.2) is 0 Å². The van der Waals surface area contributed by atoms with Crippen molar-refractivity contribution in [2.75, 3.05) is 0 Å². The van der Waals surface area contributed by atoms with E-state index in [2.05, 4.69) is 52.9 Å². The van der Waals surface area contributed by atoms with Gasteiger partial charge in [0.05, 0.1) is 0 Å². The first kappa shape index (κ1) is 22.7. The Kier molecular flexibility index (Phi) is 6.22. The molecule has 0 saturated carbocycles. The zero-order valence-corrected chi connectivity index (χ0v) is 22.3. The molecular weight excluding hydrogens is 489 g/mol. The summed E-state index contributed by atoms with van der Waals surface area (Å²) in [5.41, 5.74) is 8.38. The van der Waals surface area contributed by atoms with Crippen molar-refractivity contribution in [1.82, 2.24) is 0 Å². The fourth-order valence-electron chi connectivity index (χ4n) is 5.18. The Morgan fingerprint density at radius 3 is 2.00 bits per heavy atom. The molecule has 0 saturated heterocycles. The number of hydrogen-bond acceptors (Lipinski definition) is 0. The summed E-state index contributed by atoms with van der Waals surface area (Å²) in [5.74, 6) is -3.63. The summed E-state index contributed by atoms with van der Waals surface area (Å²) >= 11 is -2.17. The quantitative estimate of drug-likeness (QED) is 0.288. The third-order valence-corrected chi connectivity index (χ3v) is 26.8. The van der Waals surface area contributed by atoms with Crippen LogP contribution in [0.5, 0.6) is 0 Å². The van der Waals surface area contributed by atoms with Crippen LogP contribution in [0, 0.1) is 17.5 Å². The van der Waals surface area contributed by atoms with Crippen molar-refractivity contribution < 1.29 is 33.5 Å². The Morgan fingerprint density at radius 2 is 1.39 bits per heavy atom. The van der Waals surface area contributed by atoms with E-state index in [4.69, 9.17) is 0 Å². The summed E-state index contributed by atoms with van der Waals surface area (Å²) in [6, 6.07) is 10.5. The van der Waals surface area contributed by atoms with Crippen molar-refractivity contribution >= 4 is 11.0 Å². The van der Waals surface area contributed by atoms with Crippen LogP contribution < -0.4 is 0 Å². The first-order valence-electron chi connectivity index (χ1n) is 10.6. The van der Waals surface area contributed by atoms with E-state index in [0.717, 1.165) is 11.6 Å². The average Bonchev–Trinajstić information content (AvgIpc) is 3.20. The summed E-state index contributed by atoms with van der Waals surface area (Å²) in [6.07, 6.45) is 2.19. The Hall–Kier alpha value is -1.45. The van der Waals surface area contributed by atoms with Crippen molar-refractivity contribution in [1.29, 1.82) is 0 Å². The molecule has 1 unspecified atom stereocenters. The van der Waals surface area contributed by atoms with Gasteiger partial charge in [0.15, 0.2) is 0 Å². The maximum absolute atomic E-state index is 14.8. The molecule has 0 nitrogen and oxygen atoms in total. The van der Waals surface area contributed by atoms with Crippen LogP contribution in [0.1, 0.15) is 48.0 Å². The average molecular weight is 516 g/mol. The predicted molar refractivity (Wildman–Crippen MR) is 121 cm³/mol. The van der Waals surface area contributed by atoms with Crippen LogP contribution in [0.25, 0.3) is 5.57 Å².